The molecular formula is C13H16BrNO2. The molecule has 4 heteroatoms. The number of rotatable bonds is 3. The van der Waals surface area contributed by atoms with Crippen molar-refractivity contribution in [2.24, 2.45) is 5.92 Å². The summed E-state index contributed by atoms with van der Waals surface area (Å²) in [6.07, 6.45) is 2.06. The summed E-state index contributed by atoms with van der Waals surface area (Å²) in [5, 5.41) is 3.27. The summed E-state index contributed by atoms with van der Waals surface area (Å²) in [5.41, 5.74) is 0.756. The van der Waals surface area contributed by atoms with Crippen molar-refractivity contribution < 1.29 is 9.53 Å². The molecule has 1 aromatic rings. The maximum atomic E-state index is 12.2. The molecule has 1 aliphatic rings. The van der Waals surface area contributed by atoms with Crippen LogP contribution in [0.4, 0.5) is 0 Å². The molecule has 0 amide bonds. The molecule has 3 nitrogen and oxygen atoms in total. The number of methoxy groups -OCH3 is 1. The van der Waals surface area contributed by atoms with Gasteiger partial charge in [0.2, 0.25) is 0 Å². The Hall–Kier alpha value is -0.870. The number of halogens is 1. The number of carbonyl (C=O) groups is 1. The average molecular weight is 298 g/mol. The van der Waals surface area contributed by atoms with Gasteiger partial charge in [0.05, 0.1) is 11.6 Å². The van der Waals surface area contributed by atoms with Crippen LogP contribution in [0.1, 0.15) is 23.2 Å². The third kappa shape index (κ3) is 2.87. The van der Waals surface area contributed by atoms with Gasteiger partial charge in [-0.15, -0.1) is 0 Å². The van der Waals surface area contributed by atoms with Crippen LogP contribution in [-0.2, 0) is 0 Å². The Bertz CT molecular complexity index is 414. The van der Waals surface area contributed by atoms with Gasteiger partial charge in [-0.3, -0.25) is 4.79 Å². The van der Waals surface area contributed by atoms with Gasteiger partial charge >= 0.3 is 0 Å². The van der Waals surface area contributed by atoms with Crippen molar-refractivity contribution in [2.75, 3.05) is 20.2 Å². The molecule has 1 saturated heterocycles. The van der Waals surface area contributed by atoms with Crippen molar-refractivity contribution in [3.05, 3.63) is 28.2 Å². The highest BCUT2D eigenvalue weighted by Crippen LogP contribution is 2.27. The quantitative estimate of drug-likeness (QED) is 0.872. The van der Waals surface area contributed by atoms with Gasteiger partial charge in [-0.25, -0.2) is 0 Å². The molecule has 1 fully saturated rings. The van der Waals surface area contributed by atoms with Gasteiger partial charge in [0.25, 0.3) is 0 Å². The fourth-order valence-corrected chi connectivity index (χ4v) is 2.67. The second kappa shape index (κ2) is 5.65. The topological polar surface area (TPSA) is 38.3 Å². The van der Waals surface area contributed by atoms with Gasteiger partial charge in [0.1, 0.15) is 5.75 Å². The highest BCUT2D eigenvalue weighted by atomic mass is 79.9. The Morgan fingerprint density at radius 2 is 2.35 bits per heavy atom. The van der Waals surface area contributed by atoms with Crippen LogP contribution >= 0.6 is 15.9 Å². The third-order valence-corrected chi connectivity index (χ3v) is 3.72. The van der Waals surface area contributed by atoms with Crippen LogP contribution in [-0.4, -0.2) is 26.0 Å². The fraction of sp³-hybridized carbons (Fsp3) is 0.462. The smallest absolute Gasteiger partial charge is 0.167 e. The van der Waals surface area contributed by atoms with E-state index in [4.69, 9.17) is 4.74 Å². The second-order valence-electron chi connectivity index (χ2n) is 4.26. The molecule has 0 radical (unpaired) electrons. The van der Waals surface area contributed by atoms with Crippen LogP contribution in [0.2, 0.25) is 0 Å². The Balaban J connectivity index is 2.16. The molecule has 0 aliphatic carbocycles. The number of piperidine rings is 1. The SMILES string of the molecule is COc1ccc(C(=O)C2CCCNC2)cc1Br. The summed E-state index contributed by atoms with van der Waals surface area (Å²) >= 11 is 3.41. The van der Waals surface area contributed by atoms with Crippen LogP contribution in [0.3, 0.4) is 0 Å². The first-order chi connectivity index (χ1) is 8.22. The lowest BCUT2D eigenvalue weighted by Crippen LogP contribution is -2.34. The number of ether oxygens (including phenoxy) is 1. The summed E-state index contributed by atoms with van der Waals surface area (Å²) in [6, 6.07) is 5.50. The van der Waals surface area contributed by atoms with E-state index in [1.807, 2.05) is 18.2 Å². The zero-order valence-electron chi connectivity index (χ0n) is 9.83. The molecule has 92 valence electrons. The molecule has 0 spiro atoms. The summed E-state index contributed by atoms with van der Waals surface area (Å²) in [4.78, 5) is 12.2. The van der Waals surface area contributed by atoms with Gasteiger partial charge < -0.3 is 10.1 Å². The van der Waals surface area contributed by atoms with Gasteiger partial charge in [0, 0.05) is 18.0 Å². The van der Waals surface area contributed by atoms with E-state index < -0.39 is 0 Å². The zero-order valence-corrected chi connectivity index (χ0v) is 11.4. The molecule has 1 atom stereocenters. The van der Waals surface area contributed by atoms with Gasteiger partial charge in [-0.05, 0) is 53.5 Å². The molecule has 1 aliphatic heterocycles. The van der Waals surface area contributed by atoms with E-state index in [-0.39, 0.29) is 11.7 Å². The standard InChI is InChI=1S/C13H16BrNO2/c1-17-12-5-4-9(7-11(12)14)13(16)10-3-2-6-15-8-10/h4-5,7,10,15H,2-3,6,8H2,1H3. The highest BCUT2D eigenvalue weighted by molar-refractivity contribution is 9.10. The van der Waals surface area contributed by atoms with Crippen LogP contribution < -0.4 is 10.1 Å². The summed E-state index contributed by atoms with van der Waals surface area (Å²) < 4.78 is 5.98. The van der Waals surface area contributed by atoms with Crippen molar-refractivity contribution in [3.63, 3.8) is 0 Å². The molecule has 2 rings (SSSR count). The minimum atomic E-state index is 0.115. The van der Waals surface area contributed by atoms with E-state index >= 15 is 0 Å². The van der Waals surface area contributed by atoms with Gasteiger partial charge in [0.15, 0.2) is 5.78 Å². The Labute approximate surface area is 110 Å². The molecule has 1 heterocycles. The maximum absolute atomic E-state index is 12.2. The third-order valence-electron chi connectivity index (χ3n) is 3.10. The fourth-order valence-electron chi connectivity index (χ4n) is 2.13. The zero-order chi connectivity index (χ0) is 12.3. The van der Waals surface area contributed by atoms with E-state index in [9.17, 15) is 4.79 Å². The monoisotopic (exact) mass is 297 g/mol. The minimum Gasteiger partial charge on any atom is -0.496 e. The van der Waals surface area contributed by atoms with Crippen molar-refractivity contribution in [2.45, 2.75) is 12.8 Å². The Kier molecular flexibility index (Phi) is 4.18. The van der Waals surface area contributed by atoms with Gasteiger partial charge in [-0.1, -0.05) is 0 Å². The first-order valence-electron chi connectivity index (χ1n) is 5.81. The lowest BCUT2D eigenvalue weighted by Gasteiger charge is -2.21. The first-order valence-corrected chi connectivity index (χ1v) is 6.60. The first kappa shape index (κ1) is 12.6. The van der Waals surface area contributed by atoms with E-state index in [1.54, 1.807) is 7.11 Å². The predicted octanol–water partition coefficient (Wildman–Crippen LogP) is 2.64. The molecule has 1 aromatic carbocycles. The molecule has 0 bridgehead atoms. The minimum absolute atomic E-state index is 0.115. The normalized spacial score (nSPS) is 20.0. The number of hydrogen-bond acceptors (Lipinski definition) is 3. The van der Waals surface area contributed by atoms with Gasteiger partial charge in [-0.2, -0.15) is 0 Å². The summed E-state index contributed by atoms with van der Waals surface area (Å²) in [6.45, 7) is 1.82. The predicted molar refractivity (Wildman–Crippen MR) is 70.6 cm³/mol. The molecule has 1 unspecified atom stereocenters. The largest absolute Gasteiger partial charge is 0.496 e. The maximum Gasteiger partial charge on any atom is 0.167 e. The number of nitrogens with one attached hydrogen (secondary N) is 1. The molecule has 1 N–H and O–H groups in total. The number of carbonyl (C=O) groups excluding carboxylic acids is 1. The lowest BCUT2D eigenvalue weighted by molar-refractivity contribution is 0.0899. The molecule has 0 saturated carbocycles. The van der Waals surface area contributed by atoms with Crippen LogP contribution in [0.5, 0.6) is 5.75 Å². The summed E-state index contributed by atoms with van der Waals surface area (Å²) in [5.74, 6) is 1.09. The van der Waals surface area contributed by atoms with E-state index in [2.05, 4.69) is 21.2 Å². The van der Waals surface area contributed by atoms with E-state index in [0.717, 1.165) is 41.7 Å². The lowest BCUT2D eigenvalue weighted by atomic mass is 9.91. The van der Waals surface area contributed by atoms with Crippen LogP contribution in [0.15, 0.2) is 22.7 Å². The molecular weight excluding hydrogens is 282 g/mol. The number of ketones is 1. The molecule has 0 aromatic heterocycles. The van der Waals surface area contributed by atoms with Crippen molar-refractivity contribution in [3.8, 4) is 5.75 Å². The van der Waals surface area contributed by atoms with E-state index in [0.29, 0.717) is 0 Å². The average Bonchev–Trinajstić information content (AvgIpc) is 2.39. The molecule has 17 heavy (non-hydrogen) atoms. The Morgan fingerprint density at radius 3 is 2.94 bits per heavy atom. The summed E-state index contributed by atoms with van der Waals surface area (Å²) in [7, 11) is 1.62. The van der Waals surface area contributed by atoms with E-state index in [1.165, 1.54) is 0 Å². The Morgan fingerprint density at radius 1 is 1.53 bits per heavy atom. The number of Topliss-reactive ketones (excluding diaryl/α,β-unsaturated/α-hetero) is 1. The van der Waals surface area contributed by atoms with Crippen molar-refractivity contribution in [1.82, 2.24) is 5.32 Å². The van der Waals surface area contributed by atoms with Crippen LogP contribution in [0, 0.1) is 5.92 Å². The second-order valence-corrected chi connectivity index (χ2v) is 5.11. The van der Waals surface area contributed by atoms with Crippen molar-refractivity contribution >= 4 is 21.7 Å². The van der Waals surface area contributed by atoms with Crippen molar-refractivity contribution in [1.29, 1.82) is 0 Å². The van der Waals surface area contributed by atoms with Crippen LogP contribution in [0.25, 0.3) is 0 Å². The number of hydrogen-bond donors (Lipinski definition) is 1. The highest BCUT2D eigenvalue weighted by Gasteiger charge is 2.22. The number of benzene rings is 1.